The number of nitrogens with one attached hydrogen (secondary N) is 2. The minimum absolute atomic E-state index is 0.0197. The zero-order chi connectivity index (χ0) is 26.3. The van der Waals surface area contributed by atoms with Gasteiger partial charge >= 0.3 is 0 Å². The molecule has 0 radical (unpaired) electrons. The van der Waals surface area contributed by atoms with E-state index >= 15 is 0 Å². The molecule has 0 atom stereocenters. The molecule has 0 aliphatic carbocycles. The SMILES string of the molecule is COc1ccc(N(CCCC(=O)Nc2ccc(S(=O)(=O)Nc3cccnc3)cc2)S(C)(=O)=O)cc1Cl. The fourth-order valence-electron chi connectivity index (χ4n) is 3.26. The van der Waals surface area contributed by atoms with Crippen LogP contribution >= 0.6 is 11.6 Å². The zero-order valence-corrected chi connectivity index (χ0v) is 21.9. The first-order chi connectivity index (χ1) is 17.0. The van der Waals surface area contributed by atoms with Gasteiger partial charge in [0.2, 0.25) is 15.9 Å². The molecule has 0 bridgehead atoms. The second-order valence-corrected chi connectivity index (χ2v) is 11.7. The summed E-state index contributed by atoms with van der Waals surface area (Å²) in [5.74, 6) is 0.0697. The van der Waals surface area contributed by atoms with E-state index in [1.807, 2.05) is 0 Å². The van der Waals surface area contributed by atoms with Crippen LogP contribution in [0, 0.1) is 0 Å². The van der Waals surface area contributed by atoms with Gasteiger partial charge in [-0.3, -0.25) is 18.8 Å². The quantitative estimate of drug-likeness (QED) is 0.370. The highest BCUT2D eigenvalue weighted by molar-refractivity contribution is 7.92. The van der Waals surface area contributed by atoms with Crippen LogP contribution in [0.25, 0.3) is 0 Å². The maximum absolute atomic E-state index is 12.5. The van der Waals surface area contributed by atoms with E-state index in [1.165, 1.54) is 54.1 Å². The van der Waals surface area contributed by atoms with E-state index in [0.717, 1.165) is 6.26 Å². The fraction of sp³-hybridized carbons (Fsp3) is 0.217. The summed E-state index contributed by atoms with van der Waals surface area (Å²) < 4.78 is 58.3. The highest BCUT2D eigenvalue weighted by Crippen LogP contribution is 2.30. The summed E-state index contributed by atoms with van der Waals surface area (Å²) in [6, 6.07) is 13.5. The van der Waals surface area contributed by atoms with Crippen LogP contribution < -0.4 is 19.1 Å². The summed E-state index contributed by atoms with van der Waals surface area (Å²) in [7, 11) is -5.97. The van der Waals surface area contributed by atoms with Crippen LogP contribution in [0.5, 0.6) is 5.75 Å². The summed E-state index contributed by atoms with van der Waals surface area (Å²) in [4.78, 5) is 16.3. The molecule has 2 N–H and O–H groups in total. The number of halogens is 1. The Labute approximate surface area is 215 Å². The molecular formula is C23H25ClN4O6S2. The van der Waals surface area contributed by atoms with Crippen LogP contribution in [0.3, 0.4) is 0 Å². The highest BCUT2D eigenvalue weighted by Gasteiger charge is 2.19. The van der Waals surface area contributed by atoms with Gasteiger partial charge in [0.15, 0.2) is 0 Å². The van der Waals surface area contributed by atoms with Crippen LogP contribution in [-0.4, -0.2) is 47.6 Å². The van der Waals surface area contributed by atoms with Gasteiger partial charge in [-0.05, 0) is 61.0 Å². The van der Waals surface area contributed by atoms with E-state index in [9.17, 15) is 21.6 Å². The van der Waals surface area contributed by atoms with Crippen LogP contribution in [-0.2, 0) is 24.8 Å². The molecule has 36 heavy (non-hydrogen) atoms. The Morgan fingerprint density at radius 2 is 1.78 bits per heavy atom. The third-order valence-electron chi connectivity index (χ3n) is 4.95. The van der Waals surface area contributed by atoms with Crippen molar-refractivity contribution in [2.75, 3.05) is 34.3 Å². The van der Waals surface area contributed by atoms with Crippen molar-refractivity contribution >= 4 is 54.6 Å². The summed E-state index contributed by atoms with van der Waals surface area (Å²) in [6.45, 7) is 0.0616. The third kappa shape index (κ3) is 7.33. The lowest BCUT2D eigenvalue weighted by molar-refractivity contribution is -0.116. The molecule has 1 heterocycles. The fourth-order valence-corrected chi connectivity index (χ4v) is 5.51. The number of hydrogen-bond acceptors (Lipinski definition) is 7. The predicted molar refractivity (Wildman–Crippen MR) is 140 cm³/mol. The molecule has 0 saturated heterocycles. The molecule has 1 amide bonds. The van der Waals surface area contributed by atoms with Gasteiger partial charge in [-0.15, -0.1) is 0 Å². The van der Waals surface area contributed by atoms with Gasteiger partial charge in [0.25, 0.3) is 10.0 Å². The molecule has 3 aromatic rings. The number of sulfonamides is 2. The van der Waals surface area contributed by atoms with Gasteiger partial charge in [0.05, 0.1) is 40.9 Å². The predicted octanol–water partition coefficient (Wildman–Crippen LogP) is 3.73. The number of nitrogens with zero attached hydrogens (tertiary/aromatic N) is 2. The summed E-state index contributed by atoms with van der Waals surface area (Å²) in [5.41, 5.74) is 1.09. The number of carbonyl (C=O) groups excluding carboxylic acids is 1. The molecule has 0 unspecified atom stereocenters. The van der Waals surface area contributed by atoms with Crippen molar-refractivity contribution in [3.8, 4) is 5.75 Å². The molecule has 13 heteroatoms. The van der Waals surface area contributed by atoms with Gasteiger partial charge in [0, 0.05) is 24.8 Å². The van der Waals surface area contributed by atoms with Crippen molar-refractivity contribution in [3.63, 3.8) is 0 Å². The zero-order valence-electron chi connectivity index (χ0n) is 19.5. The molecule has 2 aromatic carbocycles. The van der Waals surface area contributed by atoms with E-state index in [-0.39, 0.29) is 35.2 Å². The Bertz CT molecular complexity index is 1420. The van der Waals surface area contributed by atoms with Crippen LogP contribution in [0.1, 0.15) is 12.8 Å². The average molecular weight is 553 g/mol. The van der Waals surface area contributed by atoms with Gasteiger partial charge in [-0.1, -0.05) is 11.6 Å². The van der Waals surface area contributed by atoms with Gasteiger partial charge < -0.3 is 10.1 Å². The number of ether oxygens (including phenoxy) is 1. The van der Waals surface area contributed by atoms with Crippen LogP contribution in [0.2, 0.25) is 5.02 Å². The number of pyridine rings is 1. The maximum atomic E-state index is 12.5. The average Bonchev–Trinajstić information content (AvgIpc) is 2.82. The molecule has 0 aliphatic rings. The number of carbonyl (C=O) groups is 1. The smallest absolute Gasteiger partial charge is 0.261 e. The highest BCUT2D eigenvalue weighted by atomic mass is 35.5. The van der Waals surface area contributed by atoms with Crippen molar-refractivity contribution in [2.45, 2.75) is 17.7 Å². The molecule has 10 nitrogen and oxygen atoms in total. The Kier molecular flexibility index (Phi) is 8.77. The minimum atomic E-state index is -3.81. The number of benzene rings is 2. The monoisotopic (exact) mass is 552 g/mol. The molecule has 192 valence electrons. The molecule has 0 aliphatic heterocycles. The van der Waals surface area contributed by atoms with Crippen LogP contribution in [0.4, 0.5) is 17.1 Å². The third-order valence-corrected chi connectivity index (χ3v) is 7.84. The van der Waals surface area contributed by atoms with Crippen molar-refractivity contribution in [3.05, 3.63) is 72.0 Å². The Balaban J connectivity index is 1.58. The van der Waals surface area contributed by atoms with E-state index in [1.54, 1.807) is 24.3 Å². The first-order valence-corrected chi connectivity index (χ1v) is 14.3. The van der Waals surface area contributed by atoms with Crippen LogP contribution in [0.15, 0.2) is 71.9 Å². The molecule has 3 rings (SSSR count). The molecule has 0 saturated carbocycles. The second kappa shape index (κ2) is 11.6. The number of amides is 1. The molecule has 1 aromatic heterocycles. The lowest BCUT2D eigenvalue weighted by Crippen LogP contribution is -2.31. The Morgan fingerprint density at radius 1 is 1.06 bits per heavy atom. The minimum Gasteiger partial charge on any atom is -0.495 e. The van der Waals surface area contributed by atoms with Crippen molar-refractivity contribution in [1.29, 1.82) is 0 Å². The first-order valence-electron chi connectivity index (χ1n) is 10.6. The van der Waals surface area contributed by atoms with Crippen molar-refractivity contribution < 1.29 is 26.4 Å². The lowest BCUT2D eigenvalue weighted by Gasteiger charge is -2.23. The van der Waals surface area contributed by atoms with Gasteiger partial charge in [-0.25, -0.2) is 16.8 Å². The first kappa shape index (κ1) is 27.2. The summed E-state index contributed by atoms with van der Waals surface area (Å²) in [5, 5.41) is 2.94. The number of rotatable bonds is 11. The lowest BCUT2D eigenvalue weighted by atomic mass is 10.2. The van der Waals surface area contributed by atoms with Gasteiger partial charge in [-0.2, -0.15) is 0 Å². The number of methoxy groups -OCH3 is 1. The van der Waals surface area contributed by atoms with Crippen molar-refractivity contribution in [1.82, 2.24) is 4.98 Å². The topological polar surface area (TPSA) is 135 Å². The largest absolute Gasteiger partial charge is 0.495 e. The molecule has 0 spiro atoms. The Morgan fingerprint density at radius 3 is 2.36 bits per heavy atom. The van der Waals surface area contributed by atoms with E-state index in [2.05, 4.69) is 15.0 Å². The van der Waals surface area contributed by atoms with E-state index in [0.29, 0.717) is 22.8 Å². The van der Waals surface area contributed by atoms with E-state index in [4.69, 9.17) is 16.3 Å². The number of aromatic nitrogens is 1. The van der Waals surface area contributed by atoms with Crippen molar-refractivity contribution in [2.24, 2.45) is 0 Å². The standard InChI is InChI=1S/C23H25ClN4O6S2/c1-34-22-12-9-19(15-21(22)24)28(35(2,30)31)14-4-6-23(29)26-17-7-10-20(11-8-17)36(32,33)27-18-5-3-13-25-16-18/h3,5,7-13,15-16,27H,4,6,14H2,1-2H3,(H,26,29). The number of anilines is 3. The normalized spacial score (nSPS) is 11.5. The summed E-state index contributed by atoms with van der Waals surface area (Å²) in [6.07, 6.45) is 4.27. The maximum Gasteiger partial charge on any atom is 0.261 e. The summed E-state index contributed by atoms with van der Waals surface area (Å²) >= 11 is 6.12. The van der Waals surface area contributed by atoms with Gasteiger partial charge in [0.1, 0.15) is 5.75 Å². The molecule has 0 fully saturated rings. The second-order valence-electron chi connectivity index (χ2n) is 7.68. The number of hydrogen-bond donors (Lipinski definition) is 2. The van der Waals surface area contributed by atoms with E-state index < -0.39 is 20.0 Å². The molecular weight excluding hydrogens is 528 g/mol. The Hall–Kier alpha value is -3.35.